The van der Waals surface area contributed by atoms with Crippen LogP contribution in [-0.2, 0) is 17.9 Å². The van der Waals surface area contributed by atoms with Gasteiger partial charge in [0.05, 0.1) is 6.54 Å². The van der Waals surface area contributed by atoms with E-state index >= 15 is 0 Å². The summed E-state index contributed by atoms with van der Waals surface area (Å²) in [4.78, 5) is 19.9. The molecular weight excluding hydrogens is 484 g/mol. The van der Waals surface area contributed by atoms with E-state index in [1.807, 2.05) is 61.3 Å². The summed E-state index contributed by atoms with van der Waals surface area (Å²) in [6.45, 7) is 1.43. The molecule has 0 radical (unpaired) electrons. The largest absolute Gasteiger partial charge is 0.352 e. The SMILES string of the molecule is CN=C(NCc1cccc(NC(=O)CN(C)C)c1)N(C)Cc1cccc(F)c1.I. The average molecular weight is 513 g/mol. The number of rotatable bonds is 7. The van der Waals surface area contributed by atoms with E-state index in [2.05, 4.69) is 15.6 Å². The molecule has 0 fully saturated rings. The Balaban J connectivity index is 0.00000420. The number of carbonyl (C=O) groups is 1. The maximum absolute atomic E-state index is 13.4. The van der Waals surface area contributed by atoms with Crippen LogP contribution in [0.5, 0.6) is 0 Å². The fourth-order valence-corrected chi connectivity index (χ4v) is 2.80. The minimum Gasteiger partial charge on any atom is -0.352 e. The number of hydrogen-bond donors (Lipinski definition) is 2. The Morgan fingerprint density at radius 3 is 2.41 bits per heavy atom. The molecule has 0 unspecified atom stereocenters. The van der Waals surface area contributed by atoms with E-state index in [-0.39, 0.29) is 35.7 Å². The van der Waals surface area contributed by atoms with Gasteiger partial charge in [-0.3, -0.25) is 9.79 Å². The molecule has 1 amide bonds. The lowest BCUT2D eigenvalue weighted by Crippen LogP contribution is -2.38. The summed E-state index contributed by atoms with van der Waals surface area (Å²) in [5.41, 5.74) is 2.65. The molecule has 0 heterocycles. The maximum atomic E-state index is 13.4. The van der Waals surface area contributed by atoms with Crippen molar-refractivity contribution < 1.29 is 9.18 Å². The van der Waals surface area contributed by atoms with Crippen LogP contribution in [0.1, 0.15) is 11.1 Å². The zero-order valence-corrected chi connectivity index (χ0v) is 19.6. The predicted molar refractivity (Wildman–Crippen MR) is 127 cm³/mol. The number of hydrogen-bond acceptors (Lipinski definition) is 3. The van der Waals surface area contributed by atoms with Crippen LogP contribution in [0.25, 0.3) is 0 Å². The van der Waals surface area contributed by atoms with Crippen molar-refractivity contribution in [3.63, 3.8) is 0 Å². The van der Waals surface area contributed by atoms with Crippen molar-refractivity contribution in [2.45, 2.75) is 13.1 Å². The van der Waals surface area contributed by atoms with Crippen molar-refractivity contribution in [2.24, 2.45) is 4.99 Å². The monoisotopic (exact) mass is 513 g/mol. The second kappa shape index (κ2) is 12.4. The average Bonchev–Trinajstić information content (AvgIpc) is 2.61. The van der Waals surface area contributed by atoms with Crippen LogP contribution in [0.4, 0.5) is 10.1 Å². The van der Waals surface area contributed by atoms with Crippen LogP contribution >= 0.6 is 24.0 Å². The van der Waals surface area contributed by atoms with Crippen LogP contribution in [0.3, 0.4) is 0 Å². The highest BCUT2D eigenvalue weighted by Gasteiger charge is 2.08. The number of benzene rings is 2. The van der Waals surface area contributed by atoms with Gasteiger partial charge in [0.2, 0.25) is 5.91 Å². The molecular formula is C21H29FIN5O. The van der Waals surface area contributed by atoms with Crippen molar-refractivity contribution in [1.82, 2.24) is 15.1 Å². The molecule has 6 nitrogen and oxygen atoms in total. The van der Waals surface area contributed by atoms with E-state index in [0.717, 1.165) is 16.8 Å². The van der Waals surface area contributed by atoms with E-state index in [9.17, 15) is 9.18 Å². The first-order valence-corrected chi connectivity index (χ1v) is 9.07. The number of guanidine groups is 1. The molecule has 2 aromatic carbocycles. The number of nitrogens with one attached hydrogen (secondary N) is 2. The van der Waals surface area contributed by atoms with Crippen molar-refractivity contribution >= 4 is 41.5 Å². The van der Waals surface area contributed by atoms with Crippen molar-refractivity contribution in [3.8, 4) is 0 Å². The fraction of sp³-hybridized carbons (Fsp3) is 0.333. The summed E-state index contributed by atoms with van der Waals surface area (Å²) < 4.78 is 13.4. The standard InChI is InChI=1S/C21H28FN5O.HI/c1-23-21(27(4)14-17-8-5-9-18(22)11-17)24-13-16-7-6-10-19(12-16)25-20(28)15-26(2)3;/h5-12H,13-15H2,1-4H3,(H,23,24)(H,25,28);1H. The lowest BCUT2D eigenvalue weighted by molar-refractivity contribution is -0.116. The summed E-state index contributed by atoms with van der Waals surface area (Å²) in [5.74, 6) is 0.397. The topological polar surface area (TPSA) is 60.0 Å². The van der Waals surface area contributed by atoms with Crippen LogP contribution in [0, 0.1) is 5.82 Å². The van der Waals surface area contributed by atoms with Gasteiger partial charge in [-0.1, -0.05) is 24.3 Å². The number of amides is 1. The molecule has 158 valence electrons. The molecule has 0 aliphatic heterocycles. The minimum absolute atomic E-state index is 0. The molecule has 0 spiro atoms. The van der Waals surface area contributed by atoms with Gasteiger partial charge in [-0.15, -0.1) is 24.0 Å². The molecule has 29 heavy (non-hydrogen) atoms. The Labute approximate surface area is 189 Å². The minimum atomic E-state index is -0.248. The quantitative estimate of drug-likeness (QED) is 0.340. The summed E-state index contributed by atoms with van der Waals surface area (Å²) in [6.07, 6.45) is 0. The number of nitrogens with zero attached hydrogens (tertiary/aromatic N) is 3. The van der Waals surface area contributed by atoms with Crippen LogP contribution in [0.15, 0.2) is 53.5 Å². The highest BCUT2D eigenvalue weighted by atomic mass is 127. The first-order valence-electron chi connectivity index (χ1n) is 9.07. The molecule has 2 rings (SSSR count). The zero-order chi connectivity index (χ0) is 20.5. The summed E-state index contributed by atoms with van der Waals surface area (Å²) in [6, 6.07) is 14.2. The van der Waals surface area contributed by atoms with E-state index in [1.165, 1.54) is 12.1 Å². The second-order valence-corrected chi connectivity index (χ2v) is 6.87. The summed E-state index contributed by atoms with van der Waals surface area (Å²) in [5, 5.41) is 6.19. The van der Waals surface area contributed by atoms with Gasteiger partial charge < -0.3 is 20.4 Å². The maximum Gasteiger partial charge on any atom is 0.238 e. The highest BCUT2D eigenvalue weighted by Crippen LogP contribution is 2.11. The lowest BCUT2D eigenvalue weighted by atomic mass is 10.2. The van der Waals surface area contributed by atoms with Gasteiger partial charge in [0.25, 0.3) is 0 Å². The molecule has 8 heteroatoms. The summed E-state index contributed by atoms with van der Waals surface area (Å²) in [7, 11) is 7.32. The third-order valence-corrected chi connectivity index (χ3v) is 4.00. The first kappa shape index (κ1) is 24.8. The third-order valence-electron chi connectivity index (χ3n) is 4.00. The zero-order valence-electron chi connectivity index (χ0n) is 17.3. The van der Waals surface area contributed by atoms with Gasteiger partial charge in [0.15, 0.2) is 5.96 Å². The Morgan fingerprint density at radius 2 is 1.76 bits per heavy atom. The molecule has 0 aromatic heterocycles. The van der Waals surface area contributed by atoms with Gasteiger partial charge in [-0.25, -0.2) is 4.39 Å². The summed E-state index contributed by atoms with van der Waals surface area (Å²) >= 11 is 0. The molecule has 0 aliphatic carbocycles. The van der Waals surface area contributed by atoms with Gasteiger partial charge in [0, 0.05) is 32.9 Å². The third kappa shape index (κ3) is 8.78. The number of halogens is 2. The molecule has 0 bridgehead atoms. The van der Waals surface area contributed by atoms with Gasteiger partial charge >= 0.3 is 0 Å². The number of aliphatic imine (C=N–C) groups is 1. The van der Waals surface area contributed by atoms with E-state index in [0.29, 0.717) is 25.6 Å². The van der Waals surface area contributed by atoms with Crippen LogP contribution in [0.2, 0.25) is 0 Å². The highest BCUT2D eigenvalue weighted by molar-refractivity contribution is 14.0. The first-order chi connectivity index (χ1) is 13.4. The van der Waals surface area contributed by atoms with Gasteiger partial charge in [-0.05, 0) is 49.5 Å². The van der Waals surface area contributed by atoms with Crippen molar-refractivity contribution in [3.05, 3.63) is 65.5 Å². The van der Waals surface area contributed by atoms with Crippen LogP contribution in [-0.4, -0.2) is 56.4 Å². The van der Waals surface area contributed by atoms with Gasteiger partial charge in [-0.2, -0.15) is 0 Å². The Hall–Kier alpha value is -2.20. The molecule has 0 saturated heterocycles. The number of anilines is 1. The van der Waals surface area contributed by atoms with Crippen LogP contribution < -0.4 is 10.6 Å². The Bertz CT molecular complexity index is 828. The smallest absolute Gasteiger partial charge is 0.238 e. The van der Waals surface area contributed by atoms with E-state index in [1.54, 1.807) is 13.1 Å². The van der Waals surface area contributed by atoms with E-state index in [4.69, 9.17) is 0 Å². The molecule has 0 atom stereocenters. The molecule has 0 saturated carbocycles. The Morgan fingerprint density at radius 1 is 1.07 bits per heavy atom. The van der Waals surface area contributed by atoms with Crippen molar-refractivity contribution in [1.29, 1.82) is 0 Å². The van der Waals surface area contributed by atoms with E-state index < -0.39 is 0 Å². The van der Waals surface area contributed by atoms with Crippen molar-refractivity contribution in [2.75, 3.05) is 40.1 Å². The van der Waals surface area contributed by atoms with Gasteiger partial charge in [0.1, 0.15) is 5.82 Å². The molecule has 2 aromatic rings. The fourth-order valence-electron chi connectivity index (χ4n) is 2.80. The lowest BCUT2D eigenvalue weighted by Gasteiger charge is -2.22. The normalized spacial score (nSPS) is 11.0. The molecule has 0 aliphatic rings. The number of likely N-dealkylation sites (N-methyl/N-ethyl adjacent to an activating group) is 1. The number of carbonyl (C=O) groups excluding carboxylic acids is 1. The molecule has 2 N–H and O–H groups in total. The Kier molecular flexibility index (Phi) is 10.6. The predicted octanol–water partition coefficient (Wildman–Crippen LogP) is 3.15. The second-order valence-electron chi connectivity index (χ2n) is 6.87.